The lowest BCUT2D eigenvalue weighted by Gasteiger charge is -1.71. The van der Waals surface area contributed by atoms with Gasteiger partial charge in [-0.3, -0.25) is 0 Å². The molecule has 4 nitrogen and oxygen atoms in total. The average molecular weight is 64.0 g/mol. The van der Waals surface area contributed by atoms with Gasteiger partial charge in [-0.1, -0.05) is 15.9 Å². The first-order chi connectivity index (χ1) is 1.91. The van der Waals surface area contributed by atoms with Crippen LogP contribution in [0.25, 0.3) is 0 Å². The summed E-state index contributed by atoms with van der Waals surface area (Å²) in [6.45, 7) is 0. The van der Waals surface area contributed by atoms with E-state index in [4.69, 9.17) is 11.2 Å². The van der Waals surface area contributed by atoms with Crippen LogP contribution >= 0.6 is 0 Å². The molecule has 0 aromatic heterocycles. The molecule has 4 heteroatoms. The van der Waals surface area contributed by atoms with Gasteiger partial charge in [0.2, 0.25) is 0 Å². The predicted octanol–water partition coefficient (Wildman–Crippen LogP) is -0.395. The summed E-state index contributed by atoms with van der Waals surface area (Å²) in [5.41, 5.74) is 0. The molecule has 0 heterocycles. The molecule has 0 atom stereocenters. The summed E-state index contributed by atoms with van der Waals surface area (Å²) in [7, 11) is 0. The summed E-state index contributed by atoms with van der Waals surface area (Å²) >= 11 is 0. The Bertz CT molecular complexity index is 5.25. The highest BCUT2D eigenvalue weighted by Crippen LogP contribution is 1.47. The standard InChI is InChI=1S/H2NO3/c1-3-4-2/h1-2H. The Hall–Kier alpha value is -0.160. The van der Waals surface area contributed by atoms with Crippen LogP contribution < -0.4 is 5.90 Å². The van der Waals surface area contributed by atoms with Crippen LogP contribution in [0.3, 0.4) is 0 Å². The average Bonchev–Trinajstić information content (AvgIpc) is 1.37. The third kappa shape index (κ3) is 1.84. The molecule has 0 aliphatic heterocycles. The summed E-state index contributed by atoms with van der Waals surface area (Å²) < 4.78 is 0. The maximum Gasteiger partial charge on any atom is -0.0503 e. The van der Waals surface area contributed by atoms with Gasteiger partial charge in [-0.15, -0.1) is 0 Å². The molecular weight excluding hydrogens is 62.0 g/mol. The van der Waals surface area contributed by atoms with Crippen molar-refractivity contribution in [1.82, 2.24) is 5.90 Å². The second-order valence-electron chi connectivity index (χ2n) is 0.158. The van der Waals surface area contributed by atoms with Gasteiger partial charge < -0.3 is 0 Å². The van der Waals surface area contributed by atoms with E-state index in [0.29, 0.717) is 0 Å². The van der Waals surface area contributed by atoms with E-state index < -0.39 is 0 Å². The van der Waals surface area contributed by atoms with E-state index in [1.807, 2.05) is 0 Å². The van der Waals surface area contributed by atoms with Crippen LogP contribution in [0.1, 0.15) is 0 Å². The summed E-state index contributed by atoms with van der Waals surface area (Å²) in [5.74, 6) is 5.48. The lowest BCUT2D eigenvalue weighted by Crippen LogP contribution is -1.79. The van der Waals surface area contributed by atoms with Gasteiger partial charge in [-0.05, 0) is 0 Å². The van der Waals surface area contributed by atoms with Crippen molar-refractivity contribution in [3.63, 3.8) is 0 Å². The molecule has 0 spiro atoms. The van der Waals surface area contributed by atoms with E-state index in [2.05, 4.69) is 10.0 Å². The molecule has 0 saturated heterocycles. The van der Waals surface area contributed by atoms with Gasteiger partial charge in [0.05, 0.1) is 0 Å². The molecule has 0 bridgehead atoms. The fraction of sp³-hybridized carbons (Fsp3) is 0. The Morgan fingerprint density at radius 1 is 1.75 bits per heavy atom. The van der Waals surface area contributed by atoms with Crippen LogP contribution in [0.15, 0.2) is 0 Å². The van der Waals surface area contributed by atoms with Gasteiger partial charge >= 0.3 is 0 Å². The van der Waals surface area contributed by atoms with Crippen molar-refractivity contribution in [2.24, 2.45) is 0 Å². The third-order valence-electron chi connectivity index (χ3n) is 0.0373. The molecule has 0 aromatic carbocycles. The topological polar surface area (TPSA) is 62.5 Å². The normalized spacial score (nSPS) is 7.50. The summed E-state index contributed by atoms with van der Waals surface area (Å²) in [6.07, 6.45) is 0. The van der Waals surface area contributed by atoms with Crippen LogP contribution in [0.2, 0.25) is 0 Å². The first kappa shape index (κ1) is 3.84. The molecule has 0 saturated carbocycles. The zero-order valence-corrected chi connectivity index (χ0v) is 1.76. The summed E-state index contributed by atoms with van der Waals surface area (Å²) in [6, 6.07) is 0. The predicted molar refractivity (Wildman–Crippen MR) is 7.90 cm³/mol. The third-order valence-corrected chi connectivity index (χ3v) is 0.0373. The van der Waals surface area contributed by atoms with Crippen molar-refractivity contribution in [3.8, 4) is 0 Å². The van der Waals surface area contributed by atoms with Crippen LogP contribution in [-0.4, -0.2) is 5.26 Å². The van der Waals surface area contributed by atoms with Gasteiger partial charge in [-0.2, -0.15) is 0 Å². The van der Waals surface area contributed by atoms with Crippen LogP contribution in [0.5, 0.6) is 0 Å². The molecule has 0 unspecified atom stereocenters. The van der Waals surface area contributed by atoms with Crippen molar-refractivity contribution < 1.29 is 15.3 Å². The maximum atomic E-state index is 6.97. The zero-order valence-electron chi connectivity index (χ0n) is 1.76. The molecule has 0 aliphatic rings. The van der Waals surface area contributed by atoms with Crippen molar-refractivity contribution in [2.75, 3.05) is 0 Å². The van der Waals surface area contributed by atoms with Gasteiger partial charge in [0.1, 0.15) is 0 Å². The maximum absolute atomic E-state index is 6.97. The zero-order chi connectivity index (χ0) is 3.41. The van der Waals surface area contributed by atoms with E-state index in [1.54, 1.807) is 0 Å². The first-order valence-electron chi connectivity index (χ1n) is 0.553. The Morgan fingerprint density at radius 2 is 2.00 bits per heavy atom. The van der Waals surface area contributed by atoms with Gasteiger partial charge in [0.25, 0.3) is 0 Å². The van der Waals surface area contributed by atoms with Gasteiger partial charge in [0.15, 0.2) is 0 Å². The van der Waals surface area contributed by atoms with E-state index in [-0.39, 0.29) is 0 Å². The van der Waals surface area contributed by atoms with Crippen molar-refractivity contribution in [1.29, 1.82) is 0 Å². The number of hydrogen-bond donors (Lipinski definition) is 1. The van der Waals surface area contributed by atoms with E-state index in [1.165, 1.54) is 0 Å². The smallest absolute Gasteiger partial charge is 0.0503 e. The molecule has 2 N–H and O–H groups in total. The fourth-order valence-corrected chi connectivity index (χ4v) is 0. The molecule has 0 fully saturated rings. The Morgan fingerprint density at radius 3 is 2.00 bits per heavy atom. The highest BCUT2D eigenvalue weighted by Gasteiger charge is 1.53. The molecule has 25 valence electrons. The molecule has 1 radical (unpaired) electrons. The summed E-state index contributed by atoms with van der Waals surface area (Å²) in [5, 5.41) is 9.67. The SMILES string of the molecule is [NH]OOO. The second-order valence-corrected chi connectivity index (χ2v) is 0.158. The van der Waals surface area contributed by atoms with E-state index >= 15 is 0 Å². The Labute approximate surface area is 22.5 Å². The van der Waals surface area contributed by atoms with Crippen molar-refractivity contribution in [2.45, 2.75) is 0 Å². The largest absolute Gasteiger partial charge is 0.220 e. The van der Waals surface area contributed by atoms with Crippen LogP contribution in [0.4, 0.5) is 0 Å². The molecular formula is H2NO3. The first-order valence-corrected chi connectivity index (χ1v) is 0.553. The highest BCUT2D eigenvalue weighted by atomic mass is 17.5. The number of rotatable bonds is 1. The van der Waals surface area contributed by atoms with E-state index in [9.17, 15) is 0 Å². The number of nitrogens with one attached hydrogen (secondary N) is 1. The lowest BCUT2D eigenvalue weighted by molar-refractivity contribution is -0.499. The minimum Gasteiger partial charge on any atom is -0.220 e. The van der Waals surface area contributed by atoms with Crippen LogP contribution in [-0.2, 0) is 10.0 Å². The monoisotopic (exact) mass is 64.0 g/mol. The Kier molecular flexibility index (Phi) is 2.73. The second kappa shape index (κ2) is 2.84. The fourth-order valence-electron chi connectivity index (χ4n) is 0. The van der Waals surface area contributed by atoms with E-state index in [0.717, 1.165) is 0 Å². The van der Waals surface area contributed by atoms with Crippen molar-refractivity contribution >= 4 is 0 Å². The minimum atomic E-state index is 2.71. The quantitative estimate of drug-likeness (QED) is 0.333. The summed E-state index contributed by atoms with van der Waals surface area (Å²) in [4.78, 5) is 2.85. The number of hydrogen-bond acceptors (Lipinski definition) is 3. The molecule has 0 aromatic rings. The van der Waals surface area contributed by atoms with Gasteiger partial charge in [-0.25, -0.2) is 5.26 Å². The highest BCUT2D eigenvalue weighted by molar-refractivity contribution is 2.98. The molecule has 0 amide bonds. The van der Waals surface area contributed by atoms with Crippen molar-refractivity contribution in [3.05, 3.63) is 0 Å². The minimum absolute atomic E-state index is 2.71. The van der Waals surface area contributed by atoms with Crippen LogP contribution in [0, 0.1) is 0 Å². The Balaban J connectivity index is 1.97. The molecule has 4 heavy (non-hydrogen) atoms. The molecule has 0 rings (SSSR count). The molecule has 0 aliphatic carbocycles. The van der Waals surface area contributed by atoms with Gasteiger partial charge in [0, 0.05) is 0 Å². The lowest BCUT2D eigenvalue weighted by atomic mass is 13.5.